The highest BCUT2D eigenvalue weighted by molar-refractivity contribution is 5.48. The van der Waals surface area contributed by atoms with E-state index in [2.05, 4.69) is 18.7 Å². The van der Waals surface area contributed by atoms with Gasteiger partial charge in [0.2, 0.25) is 0 Å². The molecule has 0 aromatic heterocycles. The van der Waals surface area contributed by atoms with Crippen LogP contribution >= 0.6 is 0 Å². The topological polar surface area (TPSA) is 29.3 Å². The Bertz CT molecular complexity index is 421. The second-order valence-corrected chi connectivity index (χ2v) is 6.07. The van der Waals surface area contributed by atoms with E-state index >= 15 is 0 Å². The molecule has 3 atom stereocenters. The normalized spacial score (nSPS) is 24.4. The zero-order chi connectivity index (χ0) is 14.5. The van der Waals surface area contributed by atoms with Crippen molar-refractivity contribution in [2.24, 2.45) is 17.6 Å². The van der Waals surface area contributed by atoms with Gasteiger partial charge in [0.15, 0.2) is 0 Å². The summed E-state index contributed by atoms with van der Waals surface area (Å²) in [7, 11) is 0. The summed E-state index contributed by atoms with van der Waals surface area (Å²) in [5, 5.41) is 0. The van der Waals surface area contributed by atoms with Gasteiger partial charge in [-0.2, -0.15) is 0 Å². The Kier molecular flexibility index (Phi) is 5.41. The summed E-state index contributed by atoms with van der Waals surface area (Å²) >= 11 is 0. The lowest BCUT2D eigenvalue weighted by Crippen LogP contribution is -2.47. The molecule has 112 valence electrons. The molecule has 3 heteroatoms. The minimum Gasteiger partial charge on any atom is -0.365 e. The predicted molar refractivity (Wildman–Crippen MR) is 83.4 cm³/mol. The number of nitrogens with zero attached hydrogens (tertiary/aromatic N) is 1. The molecule has 1 aromatic carbocycles. The third-order valence-electron chi connectivity index (χ3n) is 4.67. The van der Waals surface area contributed by atoms with Crippen LogP contribution in [0.1, 0.15) is 39.5 Å². The zero-order valence-corrected chi connectivity index (χ0v) is 12.7. The maximum atomic E-state index is 14.1. The average Bonchev–Trinajstić information content (AvgIpc) is 2.45. The van der Waals surface area contributed by atoms with Crippen molar-refractivity contribution in [1.82, 2.24) is 0 Å². The van der Waals surface area contributed by atoms with Crippen LogP contribution in [-0.2, 0) is 0 Å². The first kappa shape index (κ1) is 15.3. The molecular weight excluding hydrogens is 251 g/mol. The van der Waals surface area contributed by atoms with Crippen LogP contribution in [0.15, 0.2) is 24.3 Å². The largest absolute Gasteiger partial charge is 0.365 e. The maximum absolute atomic E-state index is 14.1. The van der Waals surface area contributed by atoms with E-state index in [1.54, 1.807) is 6.07 Å². The number of nitrogens with two attached hydrogens (primary N) is 1. The molecule has 20 heavy (non-hydrogen) atoms. The van der Waals surface area contributed by atoms with Gasteiger partial charge in [-0.1, -0.05) is 31.9 Å². The van der Waals surface area contributed by atoms with E-state index in [4.69, 9.17) is 5.73 Å². The number of anilines is 1. The van der Waals surface area contributed by atoms with Gasteiger partial charge >= 0.3 is 0 Å². The quantitative estimate of drug-likeness (QED) is 0.887. The Labute approximate surface area is 122 Å². The van der Waals surface area contributed by atoms with Crippen molar-refractivity contribution in [1.29, 1.82) is 0 Å². The molecule has 3 unspecified atom stereocenters. The van der Waals surface area contributed by atoms with Crippen LogP contribution in [0.3, 0.4) is 0 Å². The van der Waals surface area contributed by atoms with Crippen LogP contribution in [0, 0.1) is 17.7 Å². The number of likely N-dealkylation sites (N-methyl/N-ethyl adjacent to an activating group) is 1. The molecule has 0 bridgehead atoms. The molecule has 0 aliphatic heterocycles. The van der Waals surface area contributed by atoms with Crippen molar-refractivity contribution in [3.63, 3.8) is 0 Å². The molecule has 1 saturated carbocycles. The minimum atomic E-state index is -0.142. The fraction of sp³-hybridized carbons (Fsp3) is 0.647. The molecule has 2 nitrogen and oxygen atoms in total. The molecule has 0 saturated heterocycles. The second-order valence-electron chi connectivity index (χ2n) is 6.07. The van der Waals surface area contributed by atoms with Crippen LogP contribution < -0.4 is 10.6 Å². The Hall–Kier alpha value is -1.09. The van der Waals surface area contributed by atoms with E-state index < -0.39 is 0 Å². The van der Waals surface area contributed by atoms with E-state index in [1.165, 1.54) is 31.7 Å². The van der Waals surface area contributed by atoms with Gasteiger partial charge in [0.05, 0.1) is 5.69 Å². The van der Waals surface area contributed by atoms with E-state index in [9.17, 15) is 4.39 Å². The van der Waals surface area contributed by atoms with Crippen molar-refractivity contribution >= 4 is 5.69 Å². The molecular formula is C17H27FN2. The molecule has 0 radical (unpaired) electrons. The summed E-state index contributed by atoms with van der Waals surface area (Å²) in [6.07, 6.45) is 5.03. The maximum Gasteiger partial charge on any atom is 0.146 e. The average molecular weight is 278 g/mol. The van der Waals surface area contributed by atoms with Crippen LogP contribution in [0.2, 0.25) is 0 Å². The third-order valence-corrected chi connectivity index (χ3v) is 4.67. The molecule has 1 aliphatic rings. The molecule has 0 spiro atoms. The van der Waals surface area contributed by atoms with Crippen LogP contribution in [-0.4, -0.2) is 19.1 Å². The minimum absolute atomic E-state index is 0.142. The highest BCUT2D eigenvalue weighted by atomic mass is 19.1. The van der Waals surface area contributed by atoms with Gasteiger partial charge in [-0.15, -0.1) is 0 Å². The number of hydrogen-bond acceptors (Lipinski definition) is 2. The summed E-state index contributed by atoms with van der Waals surface area (Å²) < 4.78 is 14.1. The summed E-state index contributed by atoms with van der Waals surface area (Å²) in [5.41, 5.74) is 6.75. The zero-order valence-electron chi connectivity index (χ0n) is 12.7. The van der Waals surface area contributed by atoms with Crippen LogP contribution in [0.25, 0.3) is 0 Å². The number of rotatable bonds is 5. The van der Waals surface area contributed by atoms with Crippen molar-refractivity contribution in [3.05, 3.63) is 30.1 Å². The van der Waals surface area contributed by atoms with E-state index in [0.717, 1.165) is 12.5 Å². The standard InChI is InChI=1S/C17H27FN2/c1-3-20(16-10-5-4-9-15(16)18)17(12-19)14-8-6-7-13(2)11-14/h4-5,9-10,13-14,17H,3,6-8,11-12,19H2,1-2H3. The molecule has 1 fully saturated rings. The number of benzene rings is 1. The molecule has 2 rings (SSSR count). The molecule has 1 aliphatic carbocycles. The van der Waals surface area contributed by atoms with Crippen LogP contribution in [0.4, 0.5) is 10.1 Å². The Morgan fingerprint density at radius 2 is 2.10 bits per heavy atom. The first-order valence-electron chi connectivity index (χ1n) is 7.88. The van der Waals surface area contributed by atoms with E-state index in [0.29, 0.717) is 18.2 Å². The van der Waals surface area contributed by atoms with Gasteiger partial charge in [0.1, 0.15) is 5.82 Å². The highest BCUT2D eigenvalue weighted by Crippen LogP contribution is 2.34. The van der Waals surface area contributed by atoms with Gasteiger partial charge in [0.25, 0.3) is 0 Å². The Balaban J connectivity index is 2.21. The summed E-state index contributed by atoms with van der Waals surface area (Å²) in [5.74, 6) is 1.21. The fourth-order valence-electron chi connectivity index (χ4n) is 3.67. The first-order valence-corrected chi connectivity index (χ1v) is 7.88. The number of halogens is 1. The molecule has 0 amide bonds. The SMILES string of the molecule is CCN(c1ccccc1F)C(CN)C1CCCC(C)C1. The molecule has 0 heterocycles. The highest BCUT2D eigenvalue weighted by Gasteiger charge is 2.30. The monoisotopic (exact) mass is 278 g/mol. The van der Waals surface area contributed by atoms with E-state index in [1.807, 2.05) is 12.1 Å². The van der Waals surface area contributed by atoms with Crippen LogP contribution in [0.5, 0.6) is 0 Å². The predicted octanol–water partition coefficient (Wildman–Crippen LogP) is 3.81. The first-order chi connectivity index (χ1) is 9.67. The van der Waals surface area contributed by atoms with Gasteiger partial charge in [-0.05, 0) is 43.7 Å². The van der Waals surface area contributed by atoms with Gasteiger partial charge in [-0.3, -0.25) is 0 Å². The van der Waals surface area contributed by atoms with E-state index in [-0.39, 0.29) is 11.9 Å². The number of hydrogen-bond donors (Lipinski definition) is 1. The third kappa shape index (κ3) is 3.32. The van der Waals surface area contributed by atoms with Gasteiger partial charge < -0.3 is 10.6 Å². The second kappa shape index (κ2) is 7.07. The lowest BCUT2D eigenvalue weighted by molar-refractivity contribution is 0.242. The number of para-hydroxylation sites is 1. The molecule has 1 aromatic rings. The van der Waals surface area contributed by atoms with Crippen molar-refractivity contribution in [3.8, 4) is 0 Å². The molecule has 2 N–H and O–H groups in total. The summed E-state index contributed by atoms with van der Waals surface area (Å²) in [6.45, 7) is 5.80. The Morgan fingerprint density at radius 1 is 1.35 bits per heavy atom. The van der Waals surface area contributed by atoms with Crippen molar-refractivity contribution in [2.45, 2.75) is 45.6 Å². The lowest BCUT2D eigenvalue weighted by Gasteiger charge is -2.40. The summed E-state index contributed by atoms with van der Waals surface area (Å²) in [4.78, 5) is 2.16. The van der Waals surface area contributed by atoms with Crippen molar-refractivity contribution < 1.29 is 4.39 Å². The van der Waals surface area contributed by atoms with Gasteiger partial charge in [-0.25, -0.2) is 4.39 Å². The summed E-state index contributed by atoms with van der Waals surface area (Å²) in [6, 6.07) is 7.30. The van der Waals surface area contributed by atoms with Crippen molar-refractivity contribution in [2.75, 3.05) is 18.0 Å². The lowest BCUT2D eigenvalue weighted by atomic mass is 9.78. The fourth-order valence-corrected chi connectivity index (χ4v) is 3.67. The Morgan fingerprint density at radius 3 is 2.70 bits per heavy atom. The van der Waals surface area contributed by atoms with Gasteiger partial charge in [0, 0.05) is 19.1 Å². The smallest absolute Gasteiger partial charge is 0.146 e.